The number of fused-ring (bicyclic) bond motifs is 2. The number of benzene rings is 3. The highest BCUT2D eigenvalue weighted by molar-refractivity contribution is 7.17. The Morgan fingerprint density at radius 3 is 1.95 bits per heavy atom. The van der Waals surface area contributed by atoms with E-state index in [1.807, 2.05) is 12.1 Å². The number of methoxy groups -OCH3 is 1. The number of aliphatic hydroxyl groups excluding tert-OH is 6. The molecule has 4 fully saturated rings. The summed E-state index contributed by atoms with van der Waals surface area (Å²) in [6, 6.07) is 7.39. The predicted octanol–water partition coefficient (Wildman–Crippen LogP) is 0.0602. The van der Waals surface area contributed by atoms with Gasteiger partial charge in [-0.15, -0.1) is 47.4 Å². The summed E-state index contributed by atoms with van der Waals surface area (Å²) >= 11 is 1.34. The molecule has 29 nitrogen and oxygen atoms in total. The zero-order valence-electron chi connectivity index (χ0n) is 55.0. The van der Waals surface area contributed by atoms with E-state index in [9.17, 15) is 69.3 Å². The predicted molar refractivity (Wildman–Crippen MR) is 370 cm³/mol. The smallest absolute Gasteiger partial charge is 0.251 e. The normalized spacial score (nSPS) is 24.7. The molecule has 544 valence electrons. The largest absolute Gasteiger partial charge is 0.504 e. The van der Waals surface area contributed by atoms with Crippen LogP contribution in [-0.2, 0) is 44.7 Å². The van der Waals surface area contributed by atoms with Gasteiger partial charge >= 0.3 is 0 Å². The van der Waals surface area contributed by atoms with E-state index in [2.05, 4.69) is 53.8 Å². The Morgan fingerprint density at radius 1 is 0.704 bits per heavy atom. The van der Waals surface area contributed by atoms with E-state index in [-0.39, 0.29) is 98.6 Å². The van der Waals surface area contributed by atoms with Crippen molar-refractivity contribution in [2.24, 2.45) is 17.4 Å². The molecule has 0 aliphatic carbocycles. The summed E-state index contributed by atoms with van der Waals surface area (Å²) in [6.07, 6.45) is -4.04. The van der Waals surface area contributed by atoms with Gasteiger partial charge in [-0.25, -0.2) is 0 Å². The van der Waals surface area contributed by atoms with Crippen molar-refractivity contribution < 1.29 is 83.5 Å². The maximum atomic E-state index is 14.7. The summed E-state index contributed by atoms with van der Waals surface area (Å²) < 4.78 is 16.9. The van der Waals surface area contributed by atoms with Crippen molar-refractivity contribution in [2.45, 2.75) is 163 Å². The number of phenols is 1. The lowest BCUT2D eigenvalue weighted by molar-refractivity contribution is -0.147. The molecule has 0 unspecified atom stereocenters. The number of aromatic nitrogens is 2. The van der Waals surface area contributed by atoms with Crippen LogP contribution < -0.4 is 47.7 Å². The van der Waals surface area contributed by atoms with E-state index in [1.54, 1.807) is 19.2 Å². The van der Waals surface area contributed by atoms with Gasteiger partial charge in [0.05, 0.1) is 42.7 Å². The second kappa shape index (κ2) is 39.4. The van der Waals surface area contributed by atoms with E-state index < -0.39 is 152 Å². The lowest BCUT2D eigenvalue weighted by Gasteiger charge is -2.34. The van der Waals surface area contributed by atoms with Crippen LogP contribution in [0.15, 0.2) is 66.7 Å². The average Bonchev–Trinajstić information content (AvgIpc) is 1.60. The van der Waals surface area contributed by atoms with Crippen molar-refractivity contribution in [3.63, 3.8) is 0 Å². The molecular weight excluding hydrogens is 1360 g/mol. The van der Waals surface area contributed by atoms with E-state index in [0.29, 0.717) is 15.6 Å². The van der Waals surface area contributed by atoms with Crippen LogP contribution in [0.1, 0.15) is 94.0 Å². The van der Waals surface area contributed by atoms with Crippen LogP contribution in [0.4, 0.5) is 5.69 Å². The number of carbonyl (C=O) groups excluding carboxylic acids is 7. The van der Waals surface area contributed by atoms with Gasteiger partial charge in [-0.1, -0.05) is 55.7 Å². The third-order valence-electron chi connectivity index (χ3n) is 17.6. The lowest BCUT2D eigenvalue weighted by Crippen LogP contribution is -2.64. The summed E-state index contributed by atoms with van der Waals surface area (Å²) in [5, 5.41) is 102. The summed E-state index contributed by atoms with van der Waals surface area (Å²) in [7, 11) is 1.73. The minimum atomic E-state index is -2.04. The van der Waals surface area contributed by atoms with Crippen molar-refractivity contribution in [1.29, 1.82) is 0 Å². The van der Waals surface area contributed by atoms with Gasteiger partial charge in [0, 0.05) is 107 Å². The number of ether oxygens (including phenoxy) is 3. The fourth-order valence-corrected chi connectivity index (χ4v) is 13.1. The number of piperidine rings is 1. The number of anilines is 1. The van der Waals surface area contributed by atoms with Gasteiger partial charge < -0.3 is 103 Å². The molecule has 0 spiro atoms. The van der Waals surface area contributed by atoms with Gasteiger partial charge in [0.2, 0.25) is 35.4 Å². The maximum absolute atomic E-state index is 14.7. The molecule has 0 radical (unpaired) electrons. The summed E-state index contributed by atoms with van der Waals surface area (Å²) in [5.41, 5.74) is 14.3. The highest BCUT2D eigenvalue weighted by atomic mass is 35.5. The zero-order valence-corrected chi connectivity index (χ0v) is 58.3. The number of carbonyl (C=O) groups is 7. The molecule has 33 heteroatoms. The Hall–Kier alpha value is -6.62. The molecule has 3 aromatic carbocycles. The Balaban J connectivity index is 0.00000578. The average molecular weight is 1450 g/mol. The Morgan fingerprint density at radius 2 is 1.32 bits per heavy atom. The third kappa shape index (κ3) is 21.7. The number of halogens is 3. The van der Waals surface area contributed by atoms with Gasteiger partial charge in [0.15, 0.2) is 11.5 Å². The first-order valence-electron chi connectivity index (χ1n) is 32.5. The molecule has 4 aliphatic rings. The molecule has 5 heterocycles. The molecule has 7 amide bonds. The molecule has 13 atom stereocenters. The SMILES string of the molecule is COCCCCCCCOC1CCN(c2ccc(-c3nnc(-c4ccc(C(=O)N[C@H]5C[C@@H](O)CNC(=O)[C@@H]6[C@@H](O)[C@@H](C)CN6C(=O)[C@H]([C@H](O)CCN)NC(=O)[C@H]([C@H](O)Cc6ccc(O)c(OCCN)c6)NC(=O)[C@@H]6C[C@@H](O)CN6C(=O)[C@H]([C@@H](C)O)NC5=O)cc4)s3)cc2)CC1.Cl.Cl.Cl. The number of β-amino-alcohol motifs (C(OH)–C–C–N with tert-alkyl or cyclic N) is 1. The second-order valence-corrected chi connectivity index (χ2v) is 25.8. The Labute approximate surface area is 591 Å². The summed E-state index contributed by atoms with van der Waals surface area (Å²) in [5.74, 6) is -8.64. The molecular formula is C65H95Cl3N12O17S. The van der Waals surface area contributed by atoms with Crippen LogP contribution in [0.3, 0.4) is 0 Å². The number of amides is 7. The van der Waals surface area contributed by atoms with Gasteiger partial charge in [-0.2, -0.15) is 0 Å². The van der Waals surface area contributed by atoms with Crippen LogP contribution in [0.5, 0.6) is 11.5 Å². The first kappa shape index (κ1) is 82.1. The van der Waals surface area contributed by atoms with Crippen molar-refractivity contribution in [2.75, 3.05) is 77.6 Å². The molecule has 4 aromatic rings. The molecule has 98 heavy (non-hydrogen) atoms. The first-order chi connectivity index (χ1) is 45.6. The Kier molecular flexibility index (Phi) is 33.0. The molecule has 0 saturated carbocycles. The van der Waals surface area contributed by atoms with E-state index in [1.165, 1.54) is 61.4 Å². The number of nitrogens with two attached hydrogens (primary N) is 2. The summed E-state index contributed by atoms with van der Waals surface area (Å²) in [4.78, 5) is 106. The first-order valence-corrected chi connectivity index (χ1v) is 33.3. The van der Waals surface area contributed by atoms with E-state index in [0.717, 1.165) is 86.4 Å². The van der Waals surface area contributed by atoms with Crippen LogP contribution in [0.25, 0.3) is 21.1 Å². The highest BCUT2D eigenvalue weighted by Crippen LogP contribution is 2.33. The number of rotatable bonds is 24. The molecule has 0 bridgehead atoms. The van der Waals surface area contributed by atoms with Crippen LogP contribution in [0, 0.1) is 5.92 Å². The van der Waals surface area contributed by atoms with Gasteiger partial charge in [0.25, 0.3) is 5.91 Å². The molecule has 4 saturated heterocycles. The highest BCUT2D eigenvalue weighted by Gasteiger charge is 2.50. The number of aromatic hydroxyl groups is 1. The van der Waals surface area contributed by atoms with Crippen LogP contribution in [0.2, 0.25) is 0 Å². The Bertz CT molecular complexity index is 3230. The number of hydrogen-bond donors (Lipinski definition) is 14. The number of nitrogens with zero attached hydrogens (tertiary/aromatic N) is 5. The van der Waals surface area contributed by atoms with Crippen LogP contribution >= 0.6 is 48.6 Å². The van der Waals surface area contributed by atoms with E-state index >= 15 is 0 Å². The molecule has 1 aromatic heterocycles. The summed E-state index contributed by atoms with van der Waals surface area (Å²) in [6.45, 7) is 4.43. The minimum Gasteiger partial charge on any atom is -0.504 e. The van der Waals surface area contributed by atoms with Gasteiger partial charge in [-0.05, 0) is 99.7 Å². The molecule has 4 aliphatic heterocycles. The topological polar surface area (TPSA) is 436 Å². The standard InChI is InChI=1S/C65H92N12O17S.3ClH/c1-36-34-77-55(56(36)84)61(89)68-33-43(79)31-46(69-57(85)39-10-12-40(13-11-39)62-73-74-63(95-62)41-14-16-42(17-15-41)75-24-20-45(21-25-75)93-27-8-6-4-5-7-26-92-3)58(86)70-52(37(2)78)64(90)76-35-44(80)32-47(76)59(87)71-53(60(88)72-54(65(77)91)49(82)19-22-66)50(83)29-38-9-18-48(81)51(30-38)94-28-23-67;;;/h9-18,30,36-37,43-47,49-50,52-56,78-84H,4-8,19-29,31-35,66-67H2,1-3H3,(H,68,89)(H,69,85)(H,70,86)(H,71,87)(H,72,88);3*1H/t36-,37+,43+,44+,46-,47-,49+,50+,52-,53-,54-,55-,56-;;;/m0.../s1. The fourth-order valence-electron chi connectivity index (χ4n) is 12.3. The number of hydrogen-bond acceptors (Lipinski definition) is 23. The zero-order chi connectivity index (χ0) is 68.5. The van der Waals surface area contributed by atoms with Gasteiger partial charge in [-0.3, -0.25) is 33.6 Å². The van der Waals surface area contributed by atoms with Crippen molar-refractivity contribution >= 4 is 95.6 Å². The monoisotopic (exact) mass is 1450 g/mol. The minimum absolute atomic E-state index is 0. The second-order valence-electron chi connectivity index (χ2n) is 24.9. The third-order valence-corrected chi connectivity index (χ3v) is 18.7. The van der Waals surface area contributed by atoms with Crippen molar-refractivity contribution in [1.82, 2.24) is 46.6 Å². The number of nitrogens with one attached hydrogen (secondary N) is 5. The van der Waals surface area contributed by atoms with Crippen molar-refractivity contribution in [3.05, 3.63) is 77.9 Å². The number of unbranched alkanes of at least 4 members (excludes halogenated alkanes) is 4. The lowest BCUT2D eigenvalue weighted by atomic mass is 9.98. The van der Waals surface area contributed by atoms with Crippen molar-refractivity contribution in [3.8, 4) is 32.6 Å². The van der Waals surface area contributed by atoms with Crippen LogP contribution in [-0.4, -0.2) is 249 Å². The number of phenolic OH excluding ortho intramolecular Hbond substituents is 1. The quantitative estimate of drug-likeness (QED) is 0.0413. The van der Waals surface area contributed by atoms with E-state index in [4.69, 9.17) is 25.7 Å². The maximum Gasteiger partial charge on any atom is 0.251 e. The number of aliphatic hydroxyl groups is 6. The fraction of sp³-hybridized carbons (Fsp3) is 0.585. The molecule has 16 N–H and O–H groups in total. The molecule has 8 rings (SSSR count). The van der Waals surface area contributed by atoms with Gasteiger partial charge in [0.1, 0.15) is 52.9 Å².